The minimum Gasteiger partial charge on any atom is -0.144 e. The Balaban J connectivity index is 1.34. The summed E-state index contributed by atoms with van der Waals surface area (Å²) in [4.78, 5) is 2.63. The molecule has 0 bridgehead atoms. The Kier molecular flexibility index (Phi) is 4.36. The molecule has 0 amide bonds. The molecule has 36 heavy (non-hydrogen) atoms. The zero-order valence-electron chi connectivity index (χ0n) is 19.4. The molecule has 0 saturated heterocycles. The number of thiophene rings is 2. The van der Waals surface area contributed by atoms with Gasteiger partial charge in [-0.05, 0) is 100 Å². The van der Waals surface area contributed by atoms with Gasteiger partial charge in [-0.3, -0.25) is 0 Å². The van der Waals surface area contributed by atoms with E-state index in [1.54, 1.807) is 22.7 Å². The van der Waals surface area contributed by atoms with Crippen LogP contribution in [0.2, 0.25) is 0 Å². The predicted molar refractivity (Wildman–Crippen MR) is 161 cm³/mol. The van der Waals surface area contributed by atoms with E-state index in [0.29, 0.717) is 0 Å². The van der Waals surface area contributed by atoms with E-state index < -0.39 is 0 Å². The van der Waals surface area contributed by atoms with Gasteiger partial charge in [0.05, 0.1) is 0 Å². The summed E-state index contributed by atoms with van der Waals surface area (Å²) in [5.74, 6) is 0. The van der Waals surface area contributed by atoms with Crippen LogP contribution in [0.1, 0.15) is 0 Å². The molecule has 0 fully saturated rings. The van der Waals surface area contributed by atoms with Crippen LogP contribution >= 0.6 is 22.7 Å². The van der Waals surface area contributed by atoms with Gasteiger partial charge in [0.2, 0.25) is 0 Å². The Bertz CT molecular complexity index is 1930. The lowest BCUT2D eigenvalue weighted by atomic mass is 9.92. The first-order valence-electron chi connectivity index (χ1n) is 12.2. The second-order valence-corrected chi connectivity index (χ2v) is 11.3. The molecule has 6 aromatic carbocycles. The summed E-state index contributed by atoms with van der Waals surface area (Å²) < 4.78 is 0. The highest BCUT2D eigenvalue weighted by Gasteiger charge is 2.11. The summed E-state index contributed by atoms with van der Waals surface area (Å²) in [5, 5.41) is 17.4. The van der Waals surface area contributed by atoms with Crippen LogP contribution < -0.4 is 0 Å². The smallest absolute Gasteiger partial charge is 0.0342 e. The average molecular weight is 493 g/mol. The number of benzene rings is 6. The summed E-state index contributed by atoms with van der Waals surface area (Å²) in [7, 11) is 0. The lowest BCUT2D eigenvalue weighted by molar-refractivity contribution is 1.76. The molecule has 8 rings (SSSR count). The summed E-state index contributed by atoms with van der Waals surface area (Å²) in [6.07, 6.45) is 0. The zero-order chi connectivity index (χ0) is 23.6. The van der Waals surface area contributed by atoms with Crippen molar-refractivity contribution < 1.29 is 0 Å². The molecule has 0 saturated carbocycles. The first kappa shape index (κ1) is 20.2. The fraction of sp³-hybridized carbons (Fsp3) is 0. The van der Waals surface area contributed by atoms with Gasteiger partial charge in [0.1, 0.15) is 0 Å². The molecule has 0 unspecified atom stereocenters. The van der Waals surface area contributed by atoms with Gasteiger partial charge in [-0.15, -0.1) is 22.7 Å². The van der Waals surface area contributed by atoms with E-state index in [9.17, 15) is 0 Å². The maximum atomic E-state index is 2.32. The highest BCUT2D eigenvalue weighted by molar-refractivity contribution is 7.13. The van der Waals surface area contributed by atoms with Crippen LogP contribution in [0.15, 0.2) is 120 Å². The van der Waals surface area contributed by atoms with E-state index in [-0.39, 0.29) is 0 Å². The Morgan fingerprint density at radius 2 is 0.694 bits per heavy atom. The van der Waals surface area contributed by atoms with Crippen molar-refractivity contribution in [2.75, 3.05) is 0 Å². The van der Waals surface area contributed by atoms with E-state index in [4.69, 9.17) is 0 Å². The molecule has 168 valence electrons. The monoisotopic (exact) mass is 492 g/mol. The third-order valence-corrected chi connectivity index (χ3v) is 9.28. The Hall–Kier alpha value is -3.98. The van der Waals surface area contributed by atoms with Gasteiger partial charge in [-0.25, -0.2) is 0 Å². The zero-order valence-corrected chi connectivity index (χ0v) is 21.0. The van der Waals surface area contributed by atoms with Gasteiger partial charge in [-0.1, -0.05) is 84.9 Å². The normalized spacial score (nSPS) is 11.9. The number of fused-ring (bicyclic) bond motifs is 9. The van der Waals surface area contributed by atoms with Crippen molar-refractivity contribution >= 4 is 76.5 Å². The molecule has 8 aromatic rings. The van der Waals surface area contributed by atoms with Crippen molar-refractivity contribution in [3.63, 3.8) is 0 Å². The van der Waals surface area contributed by atoms with Gasteiger partial charge < -0.3 is 0 Å². The van der Waals surface area contributed by atoms with E-state index >= 15 is 0 Å². The molecule has 0 nitrogen and oxygen atoms in total. The number of rotatable bonds is 2. The summed E-state index contributed by atoms with van der Waals surface area (Å²) >= 11 is 3.58. The standard InChI is InChI=1S/C34H20S2/c1-3-33(35-17-1)23-7-9-25-21(19-23)5-11-29-27(25)13-15-32-30-12-6-22-20-24(34-4-2-18-36-34)8-10-26(22)28(30)14-16-31(29)32/h1-20H. The topological polar surface area (TPSA) is 0 Å². The minimum absolute atomic E-state index is 1.29. The molecule has 2 heterocycles. The third kappa shape index (κ3) is 2.99. The van der Waals surface area contributed by atoms with Gasteiger partial charge in [0.15, 0.2) is 0 Å². The van der Waals surface area contributed by atoms with Crippen LogP contribution in [0, 0.1) is 0 Å². The number of hydrogen-bond acceptors (Lipinski definition) is 2. The SMILES string of the molecule is c1csc(-c2ccc3c(ccc4c3ccc3c5ccc6cc(-c7cccs7)ccc6c5ccc43)c2)c1. The highest BCUT2D eigenvalue weighted by atomic mass is 32.1. The van der Waals surface area contributed by atoms with Gasteiger partial charge in [0.25, 0.3) is 0 Å². The third-order valence-electron chi connectivity index (χ3n) is 7.44. The van der Waals surface area contributed by atoms with Crippen LogP contribution in [0.25, 0.3) is 74.7 Å². The van der Waals surface area contributed by atoms with Crippen LogP contribution in [-0.2, 0) is 0 Å². The minimum atomic E-state index is 1.29. The number of hydrogen-bond donors (Lipinski definition) is 0. The maximum absolute atomic E-state index is 2.32. The van der Waals surface area contributed by atoms with Crippen LogP contribution in [-0.4, -0.2) is 0 Å². The molecule has 0 spiro atoms. The van der Waals surface area contributed by atoms with Crippen molar-refractivity contribution in [3.8, 4) is 20.9 Å². The first-order chi connectivity index (χ1) is 17.8. The van der Waals surface area contributed by atoms with Gasteiger partial charge in [0, 0.05) is 9.75 Å². The van der Waals surface area contributed by atoms with Gasteiger partial charge >= 0.3 is 0 Å². The van der Waals surface area contributed by atoms with Crippen molar-refractivity contribution in [2.24, 2.45) is 0 Å². The molecular formula is C34H20S2. The highest BCUT2D eigenvalue weighted by Crippen LogP contribution is 2.39. The summed E-state index contributed by atoms with van der Waals surface area (Å²) in [5.41, 5.74) is 2.58. The maximum Gasteiger partial charge on any atom is 0.0342 e. The second kappa shape index (κ2) is 7.76. The van der Waals surface area contributed by atoms with Crippen molar-refractivity contribution in [3.05, 3.63) is 120 Å². The summed E-state index contributed by atoms with van der Waals surface area (Å²) in [6, 6.07) is 40.8. The molecule has 0 radical (unpaired) electrons. The van der Waals surface area contributed by atoms with Crippen LogP contribution in [0.4, 0.5) is 0 Å². The van der Waals surface area contributed by atoms with Crippen LogP contribution in [0.3, 0.4) is 0 Å². The first-order valence-corrected chi connectivity index (χ1v) is 13.9. The molecule has 0 aliphatic carbocycles. The van der Waals surface area contributed by atoms with Crippen molar-refractivity contribution in [1.82, 2.24) is 0 Å². The molecule has 0 N–H and O–H groups in total. The van der Waals surface area contributed by atoms with E-state index in [1.807, 2.05) is 0 Å². The Morgan fingerprint density at radius 1 is 0.333 bits per heavy atom. The van der Waals surface area contributed by atoms with Crippen molar-refractivity contribution in [1.29, 1.82) is 0 Å². The molecular weight excluding hydrogens is 473 g/mol. The van der Waals surface area contributed by atoms with E-state index in [1.165, 1.54) is 74.7 Å². The molecule has 2 aromatic heterocycles. The van der Waals surface area contributed by atoms with E-state index in [0.717, 1.165) is 0 Å². The lowest BCUT2D eigenvalue weighted by Crippen LogP contribution is -1.85. The Labute approximate surface area is 216 Å². The fourth-order valence-corrected chi connectivity index (χ4v) is 7.16. The predicted octanol–water partition coefficient (Wildman–Crippen LogP) is 10.9. The lowest BCUT2D eigenvalue weighted by Gasteiger charge is -2.12. The van der Waals surface area contributed by atoms with Gasteiger partial charge in [-0.2, -0.15) is 0 Å². The fourth-order valence-electron chi connectivity index (χ4n) is 5.71. The average Bonchev–Trinajstić information content (AvgIpc) is 3.67. The molecule has 0 aliphatic heterocycles. The molecule has 0 aliphatic rings. The quantitative estimate of drug-likeness (QED) is 0.211. The second-order valence-electron chi connectivity index (χ2n) is 9.37. The van der Waals surface area contributed by atoms with Crippen LogP contribution in [0.5, 0.6) is 0 Å². The molecule has 2 heteroatoms. The Morgan fingerprint density at radius 3 is 1.08 bits per heavy atom. The van der Waals surface area contributed by atoms with E-state index in [2.05, 4.69) is 120 Å². The summed E-state index contributed by atoms with van der Waals surface area (Å²) in [6.45, 7) is 0. The van der Waals surface area contributed by atoms with Crippen molar-refractivity contribution in [2.45, 2.75) is 0 Å². The largest absolute Gasteiger partial charge is 0.144 e. The molecule has 0 atom stereocenters.